The van der Waals surface area contributed by atoms with Gasteiger partial charge in [0.1, 0.15) is 6.54 Å². The number of aryl methyl sites for hydroxylation is 1. The zero-order valence-corrected chi connectivity index (χ0v) is 18.8. The van der Waals surface area contributed by atoms with Crippen molar-refractivity contribution in [3.05, 3.63) is 60.5 Å². The van der Waals surface area contributed by atoms with Gasteiger partial charge in [0.2, 0.25) is 6.04 Å². The van der Waals surface area contributed by atoms with E-state index in [4.69, 9.17) is 5.11 Å². The van der Waals surface area contributed by atoms with E-state index in [1.54, 1.807) is 60.2 Å². The number of imidazole rings is 1. The molecule has 2 aromatic heterocycles. The minimum atomic E-state index is -1.24. The van der Waals surface area contributed by atoms with Crippen molar-refractivity contribution in [1.82, 2.24) is 9.13 Å². The quantitative estimate of drug-likeness (QED) is 0.138. The lowest BCUT2D eigenvalue weighted by atomic mass is 10.2. The van der Waals surface area contributed by atoms with Crippen LogP contribution in [0.1, 0.15) is 25.8 Å². The number of pyridine rings is 1. The van der Waals surface area contributed by atoms with Crippen molar-refractivity contribution in [3.63, 3.8) is 0 Å². The van der Waals surface area contributed by atoms with Gasteiger partial charge >= 0.3 is 18.0 Å². The maximum absolute atomic E-state index is 12.0. The SMILES string of the molecule is CCC(N=NCC(C(=O)O)[n+]1cn(C(=O)O)c2ccccc21)=NN=c1ccccn1CCC(=O)O. The Balaban J connectivity index is 1.85. The number of hydrogen-bond donors (Lipinski definition) is 3. The van der Waals surface area contributed by atoms with E-state index in [2.05, 4.69) is 20.4 Å². The average molecular weight is 482 g/mol. The average Bonchev–Trinajstić information content (AvgIpc) is 3.22. The number of aliphatic carboxylic acids is 2. The Morgan fingerprint density at radius 2 is 1.80 bits per heavy atom. The van der Waals surface area contributed by atoms with Gasteiger partial charge in [0.05, 0.1) is 6.42 Å². The predicted octanol–water partition coefficient (Wildman–Crippen LogP) is 2.13. The van der Waals surface area contributed by atoms with Crippen LogP contribution in [0.4, 0.5) is 4.79 Å². The first kappa shape index (κ1) is 25.0. The molecule has 0 aliphatic heterocycles. The summed E-state index contributed by atoms with van der Waals surface area (Å²) in [6.45, 7) is 1.73. The van der Waals surface area contributed by atoms with E-state index < -0.39 is 24.1 Å². The number of carboxylic acids is 2. The van der Waals surface area contributed by atoms with Gasteiger partial charge in [-0.25, -0.2) is 9.36 Å². The van der Waals surface area contributed by atoms with Gasteiger partial charge in [-0.2, -0.15) is 9.91 Å². The predicted molar refractivity (Wildman–Crippen MR) is 122 cm³/mol. The number of carboxylic acid groups (broad SMARTS) is 3. The first-order valence-electron chi connectivity index (χ1n) is 10.6. The van der Waals surface area contributed by atoms with Gasteiger partial charge in [0.25, 0.3) is 6.33 Å². The normalized spacial score (nSPS) is 13.4. The highest BCUT2D eigenvalue weighted by molar-refractivity contribution is 5.84. The summed E-state index contributed by atoms with van der Waals surface area (Å²) in [4.78, 5) is 34.4. The number of amidine groups is 1. The number of fused-ring (bicyclic) bond motifs is 1. The first-order valence-corrected chi connectivity index (χ1v) is 10.6. The Kier molecular flexibility index (Phi) is 8.16. The fraction of sp³-hybridized carbons (Fsp3) is 0.273. The van der Waals surface area contributed by atoms with E-state index in [1.807, 2.05) is 0 Å². The van der Waals surface area contributed by atoms with Crippen molar-refractivity contribution in [1.29, 1.82) is 0 Å². The highest BCUT2D eigenvalue weighted by Crippen LogP contribution is 2.14. The van der Waals surface area contributed by atoms with E-state index in [1.165, 1.54) is 10.9 Å². The molecule has 3 rings (SSSR count). The molecule has 0 bridgehead atoms. The van der Waals surface area contributed by atoms with Gasteiger partial charge in [-0.05, 0) is 24.3 Å². The molecule has 0 saturated heterocycles. The topological polar surface area (TPSA) is 175 Å². The van der Waals surface area contributed by atoms with Crippen LogP contribution in [-0.4, -0.2) is 54.9 Å². The van der Waals surface area contributed by atoms with Gasteiger partial charge in [0.15, 0.2) is 22.4 Å². The second-order valence-corrected chi connectivity index (χ2v) is 7.31. The van der Waals surface area contributed by atoms with Crippen LogP contribution < -0.4 is 10.1 Å². The maximum atomic E-state index is 12.0. The third-order valence-electron chi connectivity index (χ3n) is 4.99. The van der Waals surface area contributed by atoms with Crippen LogP contribution >= 0.6 is 0 Å². The molecule has 0 amide bonds. The summed E-state index contributed by atoms with van der Waals surface area (Å²) in [6.07, 6.45) is 1.93. The largest absolute Gasteiger partial charge is 0.509 e. The van der Waals surface area contributed by atoms with Crippen LogP contribution in [0.3, 0.4) is 0 Å². The molecule has 0 aliphatic carbocycles. The summed E-state index contributed by atoms with van der Waals surface area (Å²) in [6, 6.07) is 10.5. The zero-order valence-electron chi connectivity index (χ0n) is 18.8. The molecule has 13 nitrogen and oxygen atoms in total. The highest BCUT2D eigenvalue weighted by atomic mass is 16.4. The Morgan fingerprint density at radius 3 is 2.49 bits per heavy atom. The molecule has 3 N–H and O–H groups in total. The van der Waals surface area contributed by atoms with E-state index >= 15 is 0 Å². The fourth-order valence-electron chi connectivity index (χ4n) is 3.25. The number of benzene rings is 1. The molecule has 1 unspecified atom stereocenters. The van der Waals surface area contributed by atoms with Crippen LogP contribution in [0.2, 0.25) is 0 Å². The van der Waals surface area contributed by atoms with Crippen molar-refractivity contribution >= 4 is 34.9 Å². The summed E-state index contributed by atoms with van der Waals surface area (Å²) < 4.78 is 3.91. The lowest BCUT2D eigenvalue weighted by Gasteiger charge is -2.06. The minimum absolute atomic E-state index is 0.0756. The summed E-state index contributed by atoms with van der Waals surface area (Å²) in [5, 5.41) is 44.3. The molecular formula is C22H24N7O6+. The molecule has 0 aliphatic rings. The molecule has 1 atom stereocenters. The zero-order chi connectivity index (χ0) is 25.4. The molecule has 3 aromatic rings. The van der Waals surface area contributed by atoms with Gasteiger partial charge in [-0.3, -0.25) is 4.79 Å². The molecular weight excluding hydrogens is 458 g/mol. The number of hydrogen-bond acceptors (Lipinski definition) is 6. The van der Waals surface area contributed by atoms with E-state index in [0.29, 0.717) is 22.9 Å². The van der Waals surface area contributed by atoms with Crippen LogP contribution in [0.25, 0.3) is 11.0 Å². The monoisotopic (exact) mass is 482 g/mol. The van der Waals surface area contributed by atoms with E-state index in [0.717, 1.165) is 4.57 Å². The molecule has 0 spiro atoms. The van der Waals surface area contributed by atoms with Crippen molar-refractivity contribution in [3.8, 4) is 0 Å². The lowest BCUT2D eigenvalue weighted by molar-refractivity contribution is -0.683. The Morgan fingerprint density at radius 1 is 1.06 bits per heavy atom. The lowest BCUT2D eigenvalue weighted by Crippen LogP contribution is -2.45. The Bertz CT molecular complexity index is 1370. The molecule has 2 heterocycles. The van der Waals surface area contributed by atoms with Gasteiger partial charge in [0, 0.05) is 19.2 Å². The molecule has 0 radical (unpaired) electrons. The van der Waals surface area contributed by atoms with Gasteiger partial charge in [-0.15, -0.1) is 19.9 Å². The molecule has 0 saturated carbocycles. The van der Waals surface area contributed by atoms with Crippen LogP contribution in [-0.2, 0) is 16.1 Å². The molecule has 13 heteroatoms. The summed E-state index contributed by atoms with van der Waals surface area (Å²) >= 11 is 0. The van der Waals surface area contributed by atoms with E-state index in [9.17, 15) is 24.6 Å². The second-order valence-electron chi connectivity index (χ2n) is 7.31. The third-order valence-corrected chi connectivity index (χ3v) is 4.99. The molecule has 35 heavy (non-hydrogen) atoms. The number of aromatic nitrogens is 3. The van der Waals surface area contributed by atoms with Crippen LogP contribution in [0.15, 0.2) is 75.4 Å². The van der Waals surface area contributed by atoms with Crippen molar-refractivity contribution < 1.29 is 34.3 Å². The fourth-order valence-corrected chi connectivity index (χ4v) is 3.25. The Labute approximate surface area is 198 Å². The second kappa shape index (κ2) is 11.4. The van der Waals surface area contributed by atoms with E-state index in [-0.39, 0.29) is 25.3 Å². The number of azo groups is 1. The minimum Gasteiger partial charge on any atom is -0.481 e. The summed E-state index contributed by atoms with van der Waals surface area (Å²) in [7, 11) is 0. The third kappa shape index (κ3) is 6.22. The van der Waals surface area contributed by atoms with Crippen molar-refractivity contribution in [2.45, 2.75) is 32.4 Å². The standard InChI is InChI=1S/C22H23N7O6/c1-2-18(25-26-19-9-5-6-11-27(19)12-10-20(30)31)24-23-13-17(21(32)33)28-14-29(22(34)35)16-8-4-3-7-15(16)28/h3-9,11,14,17H,2,10,12-13H2,1H3,(H2-,30,31,32,33,34,35)/p+1. The van der Waals surface area contributed by atoms with Gasteiger partial charge in [-0.1, -0.05) is 25.1 Å². The smallest absolute Gasteiger partial charge is 0.481 e. The summed E-state index contributed by atoms with van der Waals surface area (Å²) in [5.74, 6) is -1.90. The van der Waals surface area contributed by atoms with Gasteiger partial charge < -0.3 is 19.9 Å². The van der Waals surface area contributed by atoms with Crippen molar-refractivity contribution in [2.75, 3.05) is 6.54 Å². The van der Waals surface area contributed by atoms with Crippen molar-refractivity contribution in [2.24, 2.45) is 20.4 Å². The van der Waals surface area contributed by atoms with Crippen LogP contribution in [0, 0.1) is 0 Å². The molecule has 0 fully saturated rings. The number of nitrogens with zero attached hydrogens (tertiary/aromatic N) is 7. The number of carbonyl (C=O) groups is 3. The summed E-state index contributed by atoms with van der Waals surface area (Å²) in [5.41, 5.74) is 1.19. The number of para-hydroxylation sites is 2. The molecule has 182 valence electrons. The maximum Gasteiger partial charge on any atom is 0.509 e. The van der Waals surface area contributed by atoms with Crippen LogP contribution in [0.5, 0.6) is 0 Å². The number of rotatable bonds is 9. The first-order chi connectivity index (χ1) is 16.8. The molecule has 1 aromatic carbocycles. The highest BCUT2D eigenvalue weighted by Gasteiger charge is 2.30. The Hall–Kier alpha value is -4.68.